The minimum atomic E-state index is 0.628. The first kappa shape index (κ1) is 15.4. The van der Waals surface area contributed by atoms with Crippen LogP contribution in [-0.4, -0.2) is 33.4 Å². The van der Waals surface area contributed by atoms with Crippen LogP contribution in [0, 0.1) is 0 Å². The van der Waals surface area contributed by atoms with Crippen molar-refractivity contribution in [3.8, 4) is 17.2 Å². The minimum absolute atomic E-state index is 0.628. The van der Waals surface area contributed by atoms with Gasteiger partial charge in [-0.2, -0.15) is 0 Å². The molecule has 0 unspecified atom stereocenters. The number of benzene rings is 2. The number of rotatable bonds is 9. The highest BCUT2D eigenvalue weighted by molar-refractivity contribution is 5.35. The van der Waals surface area contributed by atoms with Crippen molar-refractivity contribution < 1.29 is 14.2 Å². The van der Waals surface area contributed by atoms with Crippen molar-refractivity contribution in [2.45, 2.75) is 0 Å². The summed E-state index contributed by atoms with van der Waals surface area (Å²) in [5, 5.41) is 3.23. The summed E-state index contributed by atoms with van der Waals surface area (Å²) >= 11 is 0. The standard InChI is InChI=1S/C17H21NO3/c1-19-13-11-18-12-14-20-15-7-9-17(10-8-15)21-16-5-3-2-4-6-16/h2-10,18H,11-14H2,1H3. The molecule has 0 aliphatic heterocycles. The average Bonchev–Trinajstić information content (AvgIpc) is 2.53. The fourth-order valence-electron chi connectivity index (χ4n) is 1.77. The number of ether oxygens (including phenoxy) is 3. The monoisotopic (exact) mass is 287 g/mol. The molecular weight excluding hydrogens is 266 g/mol. The van der Waals surface area contributed by atoms with Crippen LogP contribution in [-0.2, 0) is 4.74 Å². The lowest BCUT2D eigenvalue weighted by atomic mass is 10.3. The van der Waals surface area contributed by atoms with E-state index in [0.29, 0.717) is 13.2 Å². The smallest absolute Gasteiger partial charge is 0.127 e. The summed E-state index contributed by atoms with van der Waals surface area (Å²) in [6.07, 6.45) is 0. The summed E-state index contributed by atoms with van der Waals surface area (Å²) in [4.78, 5) is 0. The first-order valence-corrected chi connectivity index (χ1v) is 7.04. The Labute approximate surface area is 125 Å². The van der Waals surface area contributed by atoms with Gasteiger partial charge in [-0.1, -0.05) is 18.2 Å². The Morgan fingerprint density at radius 3 is 2.10 bits per heavy atom. The van der Waals surface area contributed by atoms with Gasteiger partial charge in [0.15, 0.2) is 0 Å². The summed E-state index contributed by atoms with van der Waals surface area (Å²) in [6, 6.07) is 17.3. The summed E-state index contributed by atoms with van der Waals surface area (Å²) < 4.78 is 16.3. The topological polar surface area (TPSA) is 39.7 Å². The molecule has 1 N–H and O–H groups in total. The zero-order valence-corrected chi connectivity index (χ0v) is 12.2. The Morgan fingerprint density at radius 1 is 0.762 bits per heavy atom. The van der Waals surface area contributed by atoms with Crippen molar-refractivity contribution in [3.63, 3.8) is 0 Å². The summed E-state index contributed by atoms with van der Waals surface area (Å²) in [5.74, 6) is 2.46. The second-order valence-electron chi connectivity index (χ2n) is 4.48. The summed E-state index contributed by atoms with van der Waals surface area (Å²) in [5.41, 5.74) is 0. The molecule has 0 heterocycles. The third kappa shape index (κ3) is 5.85. The van der Waals surface area contributed by atoms with Crippen LogP contribution >= 0.6 is 0 Å². The lowest BCUT2D eigenvalue weighted by molar-refractivity contribution is 0.197. The van der Waals surface area contributed by atoms with E-state index in [1.807, 2.05) is 54.6 Å². The zero-order valence-electron chi connectivity index (χ0n) is 12.2. The maximum atomic E-state index is 5.72. The van der Waals surface area contributed by atoms with Crippen molar-refractivity contribution in [2.75, 3.05) is 33.4 Å². The van der Waals surface area contributed by atoms with Crippen molar-refractivity contribution in [1.29, 1.82) is 0 Å². The van der Waals surface area contributed by atoms with Crippen LogP contribution in [0.3, 0.4) is 0 Å². The largest absolute Gasteiger partial charge is 0.492 e. The molecule has 0 saturated heterocycles. The van der Waals surface area contributed by atoms with Gasteiger partial charge < -0.3 is 19.5 Å². The summed E-state index contributed by atoms with van der Waals surface area (Å²) in [6.45, 7) is 2.98. The third-order valence-corrected chi connectivity index (χ3v) is 2.83. The van der Waals surface area contributed by atoms with Crippen molar-refractivity contribution >= 4 is 0 Å². The maximum absolute atomic E-state index is 5.72. The van der Waals surface area contributed by atoms with Crippen molar-refractivity contribution in [2.24, 2.45) is 0 Å². The molecule has 0 radical (unpaired) electrons. The first-order chi connectivity index (χ1) is 10.4. The van der Waals surface area contributed by atoms with E-state index in [0.717, 1.165) is 30.3 Å². The molecular formula is C17H21NO3. The van der Waals surface area contributed by atoms with E-state index < -0.39 is 0 Å². The van der Waals surface area contributed by atoms with Crippen LogP contribution in [0.25, 0.3) is 0 Å². The lowest BCUT2D eigenvalue weighted by Crippen LogP contribution is -2.24. The molecule has 0 aliphatic carbocycles. The van der Waals surface area contributed by atoms with E-state index in [-0.39, 0.29) is 0 Å². The zero-order chi connectivity index (χ0) is 14.8. The Morgan fingerprint density at radius 2 is 1.38 bits per heavy atom. The van der Waals surface area contributed by atoms with Gasteiger partial charge in [-0.25, -0.2) is 0 Å². The molecule has 0 bridgehead atoms. The molecule has 2 aromatic rings. The molecule has 0 aromatic heterocycles. The van der Waals surface area contributed by atoms with Gasteiger partial charge in [-0.05, 0) is 36.4 Å². The van der Waals surface area contributed by atoms with Crippen LogP contribution in [0.4, 0.5) is 0 Å². The van der Waals surface area contributed by atoms with E-state index in [9.17, 15) is 0 Å². The van der Waals surface area contributed by atoms with Crippen LogP contribution in [0.5, 0.6) is 17.2 Å². The molecule has 0 amide bonds. The highest BCUT2D eigenvalue weighted by Gasteiger charge is 1.98. The molecule has 4 nitrogen and oxygen atoms in total. The van der Waals surface area contributed by atoms with Crippen LogP contribution in [0.1, 0.15) is 0 Å². The normalized spacial score (nSPS) is 10.3. The Hall–Kier alpha value is -2.04. The molecule has 0 fully saturated rings. The Kier molecular flexibility index (Phi) is 6.58. The van der Waals surface area contributed by atoms with Gasteiger partial charge in [0.25, 0.3) is 0 Å². The van der Waals surface area contributed by atoms with Crippen molar-refractivity contribution in [3.05, 3.63) is 54.6 Å². The molecule has 112 valence electrons. The van der Waals surface area contributed by atoms with E-state index in [4.69, 9.17) is 14.2 Å². The minimum Gasteiger partial charge on any atom is -0.492 e. The van der Waals surface area contributed by atoms with Gasteiger partial charge >= 0.3 is 0 Å². The quantitative estimate of drug-likeness (QED) is 0.719. The lowest BCUT2D eigenvalue weighted by Gasteiger charge is -2.09. The Balaban J connectivity index is 1.72. The highest BCUT2D eigenvalue weighted by atomic mass is 16.5. The number of nitrogens with one attached hydrogen (secondary N) is 1. The molecule has 0 spiro atoms. The van der Waals surface area contributed by atoms with Crippen molar-refractivity contribution in [1.82, 2.24) is 5.32 Å². The van der Waals surface area contributed by atoms with E-state index in [2.05, 4.69) is 5.32 Å². The summed E-state index contributed by atoms with van der Waals surface area (Å²) in [7, 11) is 1.69. The molecule has 0 aliphatic rings. The molecule has 2 aromatic carbocycles. The predicted octanol–water partition coefficient (Wildman–Crippen LogP) is 3.09. The first-order valence-electron chi connectivity index (χ1n) is 7.04. The van der Waals surface area contributed by atoms with E-state index in [1.165, 1.54) is 0 Å². The molecule has 0 saturated carbocycles. The van der Waals surface area contributed by atoms with Gasteiger partial charge in [0, 0.05) is 20.2 Å². The number of methoxy groups -OCH3 is 1. The van der Waals surface area contributed by atoms with Gasteiger partial charge in [0.05, 0.1) is 6.61 Å². The molecule has 4 heteroatoms. The van der Waals surface area contributed by atoms with E-state index >= 15 is 0 Å². The Bertz CT molecular complexity index is 499. The van der Waals surface area contributed by atoms with Gasteiger partial charge in [0.1, 0.15) is 23.9 Å². The average molecular weight is 287 g/mol. The number of hydrogen-bond acceptors (Lipinski definition) is 4. The number of hydrogen-bond donors (Lipinski definition) is 1. The van der Waals surface area contributed by atoms with Crippen LogP contribution in [0.15, 0.2) is 54.6 Å². The second kappa shape index (κ2) is 9.00. The maximum Gasteiger partial charge on any atom is 0.127 e. The molecule has 21 heavy (non-hydrogen) atoms. The van der Waals surface area contributed by atoms with E-state index in [1.54, 1.807) is 7.11 Å². The van der Waals surface area contributed by atoms with Gasteiger partial charge in [-0.3, -0.25) is 0 Å². The third-order valence-electron chi connectivity index (χ3n) is 2.83. The number of para-hydroxylation sites is 1. The molecule has 0 atom stereocenters. The van der Waals surface area contributed by atoms with Crippen LogP contribution in [0.2, 0.25) is 0 Å². The SMILES string of the molecule is COCCNCCOc1ccc(Oc2ccccc2)cc1. The van der Waals surface area contributed by atoms with Crippen LogP contribution < -0.4 is 14.8 Å². The van der Waals surface area contributed by atoms with Gasteiger partial charge in [0.2, 0.25) is 0 Å². The van der Waals surface area contributed by atoms with Gasteiger partial charge in [-0.15, -0.1) is 0 Å². The second-order valence-corrected chi connectivity index (χ2v) is 4.48. The highest BCUT2D eigenvalue weighted by Crippen LogP contribution is 2.23. The fourth-order valence-corrected chi connectivity index (χ4v) is 1.77. The predicted molar refractivity (Wildman–Crippen MR) is 83.2 cm³/mol. The fraction of sp³-hybridized carbons (Fsp3) is 0.294. The molecule has 2 rings (SSSR count).